The van der Waals surface area contributed by atoms with E-state index in [9.17, 15) is 0 Å². The van der Waals surface area contributed by atoms with Crippen molar-refractivity contribution in [3.05, 3.63) is 66.7 Å². The Bertz CT molecular complexity index is 1170. The van der Waals surface area contributed by atoms with Crippen LogP contribution in [0.3, 0.4) is 0 Å². The van der Waals surface area contributed by atoms with Gasteiger partial charge in [-0.3, -0.25) is 0 Å². The molecule has 1 fully saturated rings. The van der Waals surface area contributed by atoms with Crippen LogP contribution in [0.2, 0.25) is 0 Å². The predicted octanol–water partition coefficient (Wildman–Crippen LogP) is 5.55. The van der Waals surface area contributed by atoms with Crippen molar-refractivity contribution >= 4 is 34.5 Å². The second-order valence-electron chi connectivity index (χ2n) is 8.45. The molecule has 0 aliphatic carbocycles. The summed E-state index contributed by atoms with van der Waals surface area (Å²) in [6.07, 6.45) is 0. The fraction of sp³-hybridized carbons (Fsp3) is 0.250. The average Bonchev–Trinajstić information content (AvgIpc) is 3.15. The molecule has 0 unspecified atom stereocenters. The van der Waals surface area contributed by atoms with Crippen molar-refractivity contribution in [2.45, 2.75) is 38.9 Å². The van der Waals surface area contributed by atoms with Crippen molar-refractivity contribution < 1.29 is 13.7 Å². The molecule has 3 aromatic carbocycles. The van der Waals surface area contributed by atoms with Crippen LogP contribution in [0.25, 0.3) is 33.1 Å². The van der Waals surface area contributed by atoms with E-state index < -0.39 is 7.12 Å². The van der Waals surface area contributed by atoms with Gasteiger partial charge in [-0.05, 0) is 56.4 Å². The van der Waals surface area contributed by atoms with Crippen molar-refractivity contribution in [1.82, 2.24) is 0 Å². The molecule has 3 nitrogen and oxygen atoms in total. The Morgan fingerprint density at radius 2 is 1.25 bits per heavy atom. The molecule has 0 amide bonds. The fourth-order valence-corrected chi connectivity index (χ4v) is 3.92. The smallest absolute Gasteiger partial charge is 0.456 e. The van der Waals surface area contributed by atoms with Crippen LogP contribution in [0.1, 0.15) is 27.7 Å². The number of furan rings is 1. The van der Waals surface area contributed by atoms with Crippen LogP contribution < -0.4 is 5.46 Å². The summed E-state index contributed by atoms with van der Waals surface area (Å²) in [7, 11) is -0.408. The third-order valence-corrected chi connectivity index (χ3v) is 6.16. The van der Waals surface area contributed by atoms with Gasteiger partial charge in [0, 0.05) is 10.8 Å². The van der Waals surface area contributed by atoms with Crippen molar-refractivity contribution in [3.63, 3.8) is 0 Å². The number of hydrogen-bond donors (Lipinski definition) is 0. The first-order valence-electron chi connectivity index (χ1n) is 9.73. The topological polar surface area (TPSA) is 31.6 Å². The zero-order valence-electron chi connectivity index (χ0n) is 16.7. The lowest BCUT2D eigenvalue weighted by Gasteiger charge is -2.32. The molecular weight excluding hydrogens is 347 g/mol. The maximum Gasteiger partial charge on any atom is 0.495 e. The van der Waals surface area contributed by atoms with Gasteiger partial charge < -0.3 is 13.7 Å². The average molecular weight is 370 g/mol. The van der Waals surface area contributed by atoms with E-state index in [1.54, 1.807) is 0 Å². The van der Waals surface area contributed by atoms with Crippen LogP contribution >= 0.6 is 0 Å². The molecule has 2 heterocycles. The lowest BCUT2D eigenvalue weighted by atomic mass is 9.74. The second kappa shape index (κ2) is 5.97. The Morgan fingerprint density at radius 1 is 0.643 bits per heavy atom. The molecule has 0 N–H and O–H groups in total. The van der Waals surface area contributed by atoms with Crippen molar-refractivity contribution in [1.29, 1.82) is 0 Å². The Kier molecular flexibility index (Phi) is 3.74. The first-order valence-corrected chi connectivity index (χ1v) is 9.73. The van der Waals surface area contributed by atoms with E-state index >= 15 is 0 Å². The largest absolute Gasteiger partial charge is 0.495 e. The maximum atomic E-state index is 6.35. The van der Waals surface area contributed by atoms with Gasteiger partial charge in [-0.15, -0.1) is 0 Å². The zero-order chi connectivity index (χ0) is 19.5. The number of para-hydroxylation sites is 1. The number of benzene rings is 3. The molecular formula is C24H23BO3. The third kappa shape index (κ3) is 2.52. The number of hydrogen-bond acceptors (Lipinski definition) is 3. The van der Waals surface area contributed by atoms with Gasteiger partial charge in [0.1, 0.15) is 11.2 Å². The maximum absolute atomic E-state index is 6.35. The summed E-state index contributed by atoms with van der Waals surface area (Å²) in [5.41, 5.74) is 4.32. The van der Waals surface area contributed by atoms with Crippen LogP contribution in [0, 0.1) is 0 Å². The molecule has 4 aromatic rings. The van der Waals surface area contributed by atoms with Gasteiger partial charge in [0.25, 0.3) is 0 Å². The Balaban J connectivity index is 1.73. The Labute approximate surface area is 165 Å². The molecule has 4 heteroatoms. The minimum absolute atomic E-state index is 0.376. The van der Waals surface area contributed by atoms with Gasteiger partial charge >= 0.3 is 7.12 Å². The van der Waals surface area contributed by atoms with Gasteiger partial charge in [-0.2, -0.15) is 0 Å². The highest BCUT2D eigenvalue weighted by Crippen LogP contribution is 2.39. The summed E-state index contributed by atoms with van der Waals surface area (Å²) in [6, 6.07) is 22.7. The molecule has 28 heavy (non-hydrogen) atoms. The highest BCUT2D eigenvalue weighted by Gasteiger charge is 2.52. The first kappa shape index (κ1) is 17.5. The molecule has 0 saturated carbocycles. The van der Waals surface area contributed by atoms with E-state index in [-0.39, 0.29) is 11.2 Å². The SMILES string of the molecule is CC1(C)OB(c2ccccc2-c2cccc3oc4ccccc4c23)OC1(C)C. The van der Waals surface area contributed by atoms with Gasteiger partial charge in [-0.1, -0.05) is 54.6 Å². The summed E-state index contributed by atoms with van der Waals surface area (Å²) in [4.78, 5) is 0. The lowest BCUT2D eigenvalue weighted by Crippen LogP contribution is -2.41. The molecule has 0 radical (unpaired) electrons. The van der Waals surface area contributed by atoms with Crippen molar-refractivity contribution in [2.75, 3.05) is 0 Å². The van der Waals surface area contributed by atoms with E-state index in [1.165, 1.54) is 0 Å². The third-order valence-electron chi connectivity index (χ3n) is 6.16. The Hall–Kier alpha value is -2.56. The minimum Gasteiger partial charge on any atom is -0.456 e. The highest BCUT2D eigenvalue weighted by atomic mass is 16.7. The standard InChI is InChI=1S/C24H23BO3/c1-23(2)24(3,4)28-25(27-23)19-13-7-5-10-16(19)17-12-9-15-21-22(17)18-11-6-8-14-20(18)26-21/h5-15H,1-4H3. The summed E-state index contributed by atoms with van der Waals surface area (Å²) in [6.45, 7) is 8.33. The van der Waals surface area contributed by atoms with E-state index in [0.29, 0.717) is 0 Å². The fourth-order valence-electron chi connectivity index (χ4n) is 3.92. The summed E-state index contributed by atoms with van der Waals surface area (Å²) < 4.78 is 18.8. The van der Waals surface area contributed by atoms with E-state index in [4.69, 9.17) is 13.7 Å². The monoisotopic (exact) mass is 370 g/mol. The van der Waals surface area contributed by atoms with Gasteiger partial charge in [0.05, 0.1) is 11.2 Å². The van der Waals surface area contributed by atoms with Crippen LogP contribution in [0.5, 0.6) is 0 Å². The quantitative estimate of drug-likeness (QED) is 0.434. The van der Waals surface area contributed by atoms with Crippen molar-refractivity contribution in [3.8, 4) is 11.1 Å². The summed E-state index contributed by atoms with van der Waals surface area (Å²) in [5.74, 6) is 0. The molecule has 0 spiro atoms. The lowest BCUT2D eigenvalue weighted by molar-refractivity contribution is 0.00578. The van der Waals surface area contributed by atoms with Crippen LogP contribution in [-0.4, -0.2) is 18.3 Å². The first-order chi connectivity index (χ1) is 13.4. The summed E-state index contributed by atoms with van der Waals surface area (Å²) in [5, 5.41) is 2.25. The van der Waals surface area contributed by atoms with Crippen LogP contribution in [0.15, 0.2) is 71.1 Å². The van der Waals surface area contributed by atoms with Crippen molar-refractivity contribution in [2.24, 2.45) is 0 Å². The van der Waals surface area contributed by atoms with Crippen LogP contribution in [0.4, 0.5) is 0 Å². The normalized spacial score (nSPS) is 18.2. The molecule has 1 aromatic heterocycles. The van der Waals surface area contributed by atoms with E-state index in [2.05, 4.69) is 58.0 Å². The predicted molar refractivity (Wildman–Crippen MR) is 115 cm³/mol. The molecule has 1 aliphatic heterocycles. The highest BCUT2D eigenvalue weighted by molar-refractivity contribution is 6.64. The molecule has 140 valence electrons. The van der Waals surface area contributed by atoms with E-state index in [0.717, 1.165) is 38.5 Å². The molecule has 1 aliphatic rings. The number of fused-ring (bicyclic) bond motifs is 3. The van der Waals surface area contributed by atoms with Gasteiger partial charge in [0.15, 0.2) is 0 Å². The van der Waals surface area contributed by atoms with Gasteiger partial charge in [0.2, 0.25) is 0 Å². The summed E-state index contributed by atoms with van der Waals surface area (Å²) >= 11 is 0. The number of rotatable bonds is 2. The Morgan fingerprint density at radius 3 is 2.04 bits per heavy atom. The molecule has 0 bridgehead atoms. The van der Waals surface area contributed by atoms with E-state index in [1.807, 2.05) is 36.4 Å². The molecule has 0 atom stereocenters. The zero-order valence-corrected chi connectivity index (χ0v) is 16.7. The minimum atomic E-state index is -0.408. The molecule has 1 saturated heterocycles. The molecule has 5 rings (SSSR count). The second-order valence-corrected chi connectivity index (χ2v) is 8.45. The van der Waals surface area contributed by atoms with Crippen LogP contribution in [-0.2, 0) is 9.31 Å². The van der Waals surface area contributed by atoms with Gasteiger partial charge in [-0.25, -0.2) is 0 Å².